The number of benzene rings is 1. The molecular formula is C11H14N2O5S. The van der Waals surface area contributed by atoms with Gasteiger partial charge in [0.1, 0.15) is 13.2 Å². The Morgan fingerprint density at radius 2 is 1.95 bits per heavy atom. The Morgan fingerprint density at radius 1 is 1.26 bits per heavy atom. The molecule has 0 unspecified atom stereocenters. The van der Waals surface area contributed by atoms with Crippen molar-refractivity contribution in [1.29, 1.82) is 0 Å². The van der Waals surface area contributed by atoms with Crippen molar-refractivity contribution in [3.63, 3.8) is 0 Å². The number of rotatable bonds is 4. The third kappa shape index (κ3) is 3.15. The van der Waals surface area contributed by atoms with Gasteiger partial charge in [-0.1, -0.05) is 6.92 Å². The quantitative estimate of drug-likeness (QED) is 0.770. The summed E-state index contributed by atoms with van der Waals surface area (Å²) in [5, 5.41) is 0. The van der Waals surface area contributed by atoms with Crippen molar-refractivity contribution in [3.05, 3.63) is 18.2 Å². The fourth-order valence-electron chi connectivity index (χ4n) is 1.46. The SMILES string of the molecule is CCC(=O)NNS(=O)(=O)c1ccc2c(c1)OCCO2. The van der Waals surface area contributed by atoms with Crippen LogP contribution in [0.3, 0.4) is 0 Å². The normalized spacial score (nSPS) is 13.9. The standard InChI is InChI=1S/C11H14N2O5S/c1-2-11(14)12-13-19(15,16)8-3-4-9-10(7-8)18-6-5-17-9/h3-4,7,13H,2,5-6H2,1H3,(H,12,14). The van der Waals surface area contributed by atoms with Crippen molar-refractivity contribution >= 4 is 15.9 Å². The molecular weight excluding hydrogens is 272 g/mol. The molecule has 1 amide bonds. The van der Waals surface area contributed by atoms with E-state index in [1.54, 1.807) is 6.92 Å². The summed E-state index contributed by atoms with van der Waals surface area (Å²) < 4.78 is 34.4. The molecule has 0 fully saturated rings. The molecule has 0 saturated heterocycles. The van der Waals surface area contributed by atoms with Crippen LogP contribution in [0.4, 0.5) is 0 Å². The first-order chi connectivity index (χ1) is 9.03. The molecule has 1 aliphatic rings. The fourth-order valence-corrected chi connectivity index (χ4v) is 2.34. The van der Waals surface area contributed by atoms with Crippen LogP contribution in [-0.4, -0.2) is 27.5 Å². The Hall–Kier alpha value is -1.80. The van der Waals surface area contributed by atoms with E-state index in [9.17, 15) is 13.2 Å². The second-order valence-electron chi connectivity index (χ2n) is 3.81. The highest BCUT2D eigenvalue weighted by molar-refractivity contribution is 7.89. The summed E-state index contributed by atoms with van der Waals surface area (Å²) in [5.74, 6) is 0.458. The van der Waals surface area contributed by atoms with Crippen molar-refractivity contribution in [2.24, 2.45) is 0 Å². The lowest BCUT2D eigenvalue weighted by molar-refractivity contribution is -0.121. The maximum atomic E-state index is 11.9. The third-order valence-corrected chi connectivity index (χ3v) is 3.72. The second kappa shape index (κ2) is 5.45. The first-order valence-corrected chi connectivity index (χ1v) is 7.21. The van der Waals surface area contributed by atoms with Gasteiger partial charge in [0.2, 0.25) is 5.91 Å². The van der Waals surface area contributed by atoms with Crippen LogP contribution < -0.4 is 19.7 Å². The van der Waals surface area contributed by atoms with Crippen LogP contribution >= 0.6 is 0 Å². The van der Waals surface area contributed by atoms with Crippen LogP contribution in [0.2, 0.25) is 0 Å². The lowest BCUT2D eigenvalue weighted by atomic mass is 10.3. The maximum absolute atomic E-state index is 11.9. The lowest BCUT2D eigenvalue weighted by Crippen LogP contribution is -2.41. The van der Waals surface area contributed by atoms with Gasteiger partial charge < -0.3 is 9.47 Å². The molecule has 1 aliphatic heterocycles. The number of carbonyl (C=O) groups excluding carboxylic acids is 1. The predicted octanol–water partition coefficient (Wildman–Crippen LogP) is 0.177. The van der Waals surface area contributed by atoms with Gasteiger partial charge in [-0.15, -0.1) is 4.83 Å². The number of ether oxygens (including phenoxy) is 2. The highest BCUT2D eigenvalue weighted by Gasteiger charge is 2.19. The topological polar surface area (TPSA) is 93.7 Å². The van der Waals surface area contributed by atoms with Gasteiger partial charge in [0.05, 0.1) is 4.90 Å². The zero-order valence-corrected chi connectivity index (χ0v) is 11.1. The number of hydrogen-bond donors (Lipinski definition) is 2. The van der Waals surface area contributed by atoms with Gasteiger partial charge in [-0.25, -0.2) is 8.42 Å². The summed E-state index contributed by atoms with van der Waals surface area (Å²) in [6, 6.07) is 4.26. The van der Waals surface area contributed by atoms with E-state index in [1.165, 1.54) is 18.2 Å². The molecule has 0 radical (unpaired) electrons. The lowest BCUT2D eigenvalue weighted by Gasteiger charge is -2.18. The minimum Gasteiger partial charge on any atom is -0.486 e. The molecule has 2 N–H and O–H groups in total. The molecule has 104 valence electrons. The van der Waals surface area contributed by atoms with Gasteiger partial charge in [0.25, 0.3) is 10.0 Å². The molecule has 0 aliphatic carbocycles. The molecule has 0 saturated carbocycles. The molecule has 0 atom stereocenters. The predicted molar refractivity (Wildman–Crippen MR) is 66.2 cm³/mol. The summed E-state index contributed by atoms with van der Waals surface area (Å²) in [7, 11) is -3.82. The summed E-state index contributed by atoms with van der Waals surface area (Å²) in [4.78, 5) is 13.0. The highest BCUT2D eigenvalue weighted by Crippen LogP contribution is 2.31. The molecule has 0 spiro atoms. The largest absolute Gasteiger partial charge is 0.486 e. The summed E-state index contributed by atoms with van der Waals surface area (Å²) in [6.07, 6.45) is 0.184. The molecule has 7 nitrogen and oxygen atoms in total. The molecule has 1 aromatic carbocycles. The van der Waals surface area contributed by atoms with Crippen LogP contribution in [0.15, 0.2) is 23.1 Å². The van der Waals surface area contributed by atoms with Crippen molar-refractivity contribution in [1.82, 2.24) is 10.3 Å². The highest BCUT2D eigenvalue weighted by atomic mass is 32.2. The van der Waals surface area contributed by atoms with Crippen molar-refractivity contribution in [2.75, 3.05) is 13.2 Å². The van der Waals surface area contributed by atoms with Crippen LogP contribution in [-0.2, 0) is 14.8 Å². The average Bonchev–Trinajstić information content (AvgIpc) is 2.44. The van der Waals surface area contributed by atoms with E-state index in [4.69, 9.17) is 9.47 Å². The molecule has 2 rings (SSSR count). The Morgan fingerprint density at radius 3 is 2.63 bits per heavy atom. The summed E-state index contributed by atoms with van der Waals surface area (Å²) >= 11 is 0. The van der Waals surface area contributed by atoms with Crippen LogP contribution in [0, 0.1) is 0 Å². The van der Waals surface area contributed by atoms with E-state index in [2.05, 4.69) is 5.43 Å². The monoisotopic (exact) mass is 286 g/mol. The van der Waals surface area contributed by atoms with Gasteiger partial charge in [-0.2, -0.15) is 0 Å². The Kier molecular flexibility index (Phi) is 3.91. The minimum atomic E-state index is -3.82. The Bertz CT molecular complexity index is 585. The molecule has 0 aromatic heterocycles. The number of carbonyl (C=O) groups is 1. The van der Waals surface area contributed by atoms with Gasteiger partial charge in [-0.05, 0) is 12.1 Å². The van der Waals surface area contributed by atoms with Crippen LogP contribution in [0.5, 0.6) is 11.5 Å². The third-order valence-electron chi connectivity index (χ3n) is 2.47. The minimum absolute atomic E-state index is 0.00634. The number of hydrogen-bond acceptors (Lipinski definition) is 5. The van der Waals surface area contributed by atoms with Gasteiger partial charge in [0.15, 0.2) is 11.5 Å². The average molecular weight is 286 g/mol. The zero-order chi connectivity index (χ0) is 13.9. The van der Waals surface area contributed by atoms with E-state index < -0.39 is 15.9 Å². The fraction of sp³-hybridized carbons (Fsp3) is 0.364. The number of nitrogens with one attached hydrogen (secondary N) is 2. The zero-order valence-electron chi connectivity index (χ0n) is 10.3. The molecule has 1 heterocycles. The molecule has 8 heteroatoms. The number of amides is 1. The van der Waals surface area contributed by atoms with Gasteiger partial charge in [-0.3, -0.25) is 10.2 Å². The molecule has 1 aromatic rings. The Balaban J connectivity index is 2.18. The summed E-state index contributed by atoms with van der Waals surface area (Å²) in [6.45, 7) is 2.42. The van der Waals surface area contributed by atoms with Crippen LogP contribution in [0.1, 0.15) is 13.3 Å². The van der Waals surface area contributed by atoms with E-state index in [-0.39, 0.29) is 11.3 Å². The summed E-state index contributed by atoms with van der Waals surface area (Å²) in [5.41, 5.74) is 2.10. The van der Waals surface area contributed by atoms with Gasteiger partial charge in [0, 0.05) is 12.5 Å². The number of fused-ring (bicyclic) bond motifs is 1. The van der Waals surface area contributed by atoms with Crippen molar-refractivity contribution in [2.45, 2.75) is 18.2 Å². The first-order valence-electron chi connectivity index (χ1n) is 5.73. The van der Waals surface area contributed by atoms with Gasteiger partial charge >= 0.3 is 0 Å². The van der Waals surface area contributed by atoms with E-state index >= 15 is 0 Å². The van der Waals surface area contributed by atoms with Crippen molar-refractivity contribution in [3.8, 4) is 11.5 Å². The van der Waals surface area contributed by atoms with Crippen molar-refractivity contribution < 1.29 is 22.7 Å². The smallest absolute Gasteiger partial charge is 0.257 e. The molecule has 19 heavy (non-hydrogen) atoms. The van der Waals surface area contributed by atoms with E-state index in [0.717, 1.165) is 0 Å². The number of sulfonamides is 1. The number of hydrazine groups is 1. The second-order valence-corrected chi connectivity index (χ2v) is 5.50. The maximum Gasteiger partial charge on any atom is 0.257 e. The Labute approximate surface area is 110 Å². The van der Waals surface area contributed by atoms with E-state index in [0.29, 0.717) is 24.7 Å². The molecule has 0 bridgehead atoms. The first kappa shape index (κ1) is 13.6. The van der Waals surface area contributed by atoms with Crippen LogP contribution in [0.25, 0.3) is 0 Å². The van der Waals surface area contributed by atoms with E-state index in [1.807, 2.05) is 4.83 Å².